The van der Waals surface area contributed by atoms with E-state index in [9.17, 15) is 14.0 Å². The highest BCUT2D eigenvalue weighted by molar-refractivity contribution is 6.21. The van der Waals surface area contributed by atoms with Gasteiger partial charge in [-0.05, 0) is 12.1 Å². The van der Waals surface area contributed by atoms with Crippen LogP contribution in [0.4, 0.5) is 4.39 Å². The number of amides is 2. The van der Waals surface area contributed by atoms with E-state index in [-0.39, 0.29) is 11.1 Å². The van der Waals surface area contributed by atoms with Gasteiger partial charge in [0, 0.05) is 7.05 Å². The van der Waals surface area contributed by atoms with E-state index in [2.05, 4.69) is 0 Å². The Morgan fingerprint density at radius 1 is 1.23 bits per heavy atom. The first-order valence-electron chi connectivity index (χ1n) is 3.74. The van der Waals surface area contributed by atoms with Crippen LogP contribution in [0.25, 0.3) is 0 Å². The van der Waals surface area contributed by atoms with Crippen LogP contribution in [0.15, 0.2) is 18.2 Å². The molecule has 0 fully saturated rings. The van der Waals surface area contributed by atoms with Crippen LogP contribution in [-0.2, 0) is 0 Å². The van der Waals surface area contributed by atoms with Crippen molar-refractivity contribution in [2.75, 3.05) is 7.05 Å². The zero-order valence-corrected chi connectivity index (χ0v) is 6.87. The zero-order chi connectivity index (χ0) is 9.59. The van der Waals surface area contributed by atoms with E-state index < -0.39 is 17.6 Å². The van der Waals surface area contributed by atoms with Gasteiger partial charge >= 0.3 is 0 Å². The zero-order valence-electron chi connectivity index (χ0n) is 6.87. The number of fused-ring (bicyclic) bond motifs is 1. The van der Waals surface area contributed by atoms with E-state index in [0.717, 1.165) is 4.90 Å². The van der Waals surface area contributed by atoms with Crippen molar-refractivity contribution in [1.82, 2.24) is 4.90 Å². The summed E-state index contributed by atoms with van der Waals surface area (Å²) in [6.07, 6.45) is 0. The molecule has 0 atom stereocenters. The predicted octanol–water partition coefficient (Wildman–Crippen LogP) is 1.05. The first-order chi connectivity index (χ1) is 6.13. The minimum Gasteiger partial charge on any atom is -0.277 e. The van der Waals surface area contributed by atoms with Gasteiger partial charge in [-0.1, -0.05) is 6.07 Å². The number of imide groups is 1. The quantitative estimate of drug-likeness (QED) is 0.558. The second-order valence-electron chi connectivity index (χ2n) is 2.83. The number of rotatable bonds is 0. The fourth-order valence-electron chi connectivity index (χ4n) is 1.36. The van der Waals surface area contributed by atoms with Crippen LogP contribution in [0.2, 0.25) is 0 Å². The summed E-state index contributed by atoms with van der Waals surface area (Å²) in [5.41, 5.74) is 0.0301. The molecule has 1 aliphatic heterocycles. The first kappa shape index (κ1) is 7.91. The van der Waals surface area contributed by atoms with Crippen LogP contribution < -0.4 is 0 Å². The average molecular weight is 179 g/mol. The highest BCUT2D eigenvalue weighted by Crippen LogP contribution is 2.23. The van der Waals surface area contributed by atoms with E-state index in [1.807, 2.05) is 0 Å². The molecule has 1 aromatic carbocycles. The Kier molecular flexibility index (Phi) is 1.45. The van der Waals surface area contributed by atoms with Crippen molar-refractivity contribution < 1.29 is 14.0 Å². The van der Waals surface area contributed by atoms with Crippen molar-refractivity contribution in [2.45, 2.75) is 0 Å². The summed E-state index contributed by atoms with van der Waals surface area (Å²) in [5, 5.41) is 0. The summed E-state index contributed by atoms with van der Waals surface area (Å²) < 4.78 is 13.1. The van der Waals surface area contributed by atoms with Gasteiger partial charge in [0.2, 0.25) is 0 Å². The lowest BCUT2D eigenvalue weighted by Crippen LogP contribution is -2.24. The molecule has 0 unspecified atom stereocenters. The average Bonchev–Trinajstić information content (AvgIpc) is 2.33. The van der Waals surface area contributed by atoms with Crippen molar-refractivity contribution in [1.29, 1.82) is 0 Å². The van der Waals surface area contributed by atoms with Crippen molar-refractivity contribution in [2.24, 2.45) is 0 Å². The summed E-state index contributed by atoms with van der Waals surface area (Å²) in [7, 11) is 1.34. The minimum atomic E-state index is -0.639. The number of carbonyl (C=O) groups is 2. The van der Waals surface area contributed by atoms with Gasteiger partial charge in [-0.15, -0.1) is 0 Å². The van der Waals surface area contributed by atoms with E-state index in [0.29, 0.717) is 0 Å². The molecule has 0 radical (unpaired) electrons. The number of halogens is 1. The third-order valence-corrected chi connectivity index (χ3v) is 2.07. The molecule has 0 spiro atoms. The second kappa shape index (κ2) is 2.39. The molecule has 66 valence electrons. The first-order valence-corrected chi connectivity index (χ1v) is 3.74. The van der Waals surface area contributed by atoms with Crippen molar-refractivity contribution in [3.8, 4) is 0 Å². The molecule has 0 saturated carbocycles. The third-order valence-electron chi connectivity index (χ3n) is 2.07. The van der Waals surface area contributed by atoms with E-state index in [4.69, 9.17) is 0 Å². The van der Waals surface area contributed by atoms with Gasteiger partial charge in [0.1, 0.15) is 5.82 Å². The fraction of sp³-hybridized carbons (Fsp3) is 0.111. The maximum Gasteiger partial charge on any atom is 0.264 e. The molecule has 2 amide bonds. The number of hydrogen-bond acceptors (Lipinski definition) is 2. The molecule has 0 aromatic heterocycles. The molecule has 1 aliphatic rings. The maximum absolute atomic E-state index is 13.1. The van der Waals surface area contributed by atoms with E-state index >= 15 is 0 Å². The molecular weight excluding hydrogens is 173 g/mol. The molecule has 0 saturated heterocycles. The fourth-order valence-corrected chi connectivity index (χ4v) is 1.36. The summed E-state index contributed by atoms with van der Waals surface area (Å²) in [4.78, 5) is 23.5. The van der Waals surface area contributed by atoms with Crippen molar-refractivity contribution >= 4 is 11.8 Å². The Labute approximate surface area is 73.8 Å². The van der Waals surface area contributed by atoms with Crippen LogP contribution in [0.3, 0.4) is 0 Å². The van der Waals surface area contributed by atoms with Crippen LogP contribution >= 0.6 is 0 Å². The Hall–Kier alpha value is -1.71. The van der Waals surface area contributed by atoms with Gasteiger partial charge in [0.05, 0.1) is 11.1 Å². The highest BCUT2D eigenvalue weighted by Gasteiger charge is 2.34. The number of nitrogens with zero attached hydrogens (tertiary/aromatic N) is 1. The second-order valence-corrected chi connectivity index (χ2v) is 2.83. The standard InChI is InChI=1S/C9H6FNO2/c1-11-8(12)5-3-2-4-6(10)7(5)9(11)13/h2-4H,1H3. The molecule has 1 aromatic rings. The molecule has 2 rings (SSSR count). The van der Waals surface area contributed by atoms with Gasteiger partial charge in [0.15, 0.2) is 0 Å². The lowest BCUT2D eigenvalue weighted by Gasteiger charge is -2.02. The Morgan fingerprint density at radius 3 is 2.54 bits per heavy atom. The molecule has 13 heavy (non-hydrogen) atoms. The normalized spacial score (nSPS) is 15.1. The van der Waals surface area contributed by atoms with Gasteiger partial charge < -0.3 is 0 Å². The maximum atomic E-state index is 13.1. The molecule has 0 N–H and O–H groups in total. The SMILES string of the molecule is CN1C(=O)c2cccc(F)c2C1=O. The van der Waals surface area contributed by atoms with Gasteiger partial charge in [-0.3, -0.25) is 14.5 Å². The van der Waals surface area contributed by atoms with E-state index in [1.165, 1.54) is 25.2 Å². The molecule has 0 aliphatic carbocycles. The largest absolute Gasteiger partial charge is 0.277 e. The molecule has 1 heterocycles. The summed E-state index contributed by atoms with van der Waals surface area (Å²) in [5.74, 6) is -1.65. The van der Waals surface area contributed by atoms with Crippen LogP contribution in [0.5, 0.6) is 0 Å². The lowest BCUT2D eigenvalue weighted by molar-refractivity contribution is 0.0692. The Bertz CT molecular complexity index is 414. The Morgan fingerprint density at radius 2 is 1.92 bits per heavy atom. The smallest absolute Gasteiger partial charge is 0.264 e. The van der Waals surface area contributed by atoms with Gasteiger partial charge in [-0.2, -0.15) is 0 Å². The van der Waals surface area contributed by atoms with Crippen molar-refractivity contribution in [3.05, 3.63) is 35.1 Å². The molecular formula is C9H6FNO2. The minimum absolute atomic E-state index is 0.116. The predicted molar refractivity (Wildman–Crippen MR) is 42.8 cm³/mol. The third kappa shape index (κ3) is 0.884. The number of benzene rings is 1. The summed E-state index contributed by atoms with van der Waals surface area (Å²) in [6, 6.07) is 4.03. The van der Waals surface area contributed by atoms with Gasteiger partial charge in [-0.25, -0.2) is 4.39 Å². The van der Waals surface area contributed by atoms with Crippen LogP contribution in [-0.4, -0.2) is 23.8 Å². The summed E-state index contributed by atoms with van der Waals surface area (Å²) in [6.45, 7) is 0. The van der Waals surface area contributed by atoms with Crippen LogP contribution in [0.1, 0.15) is 20.7 Å². The number of hydrogen-bond donors (Lipinski definition) is 0. The molecule has 4 heteroatoms. The summed E-state index contributed by atoms with van der Waals surface area (Å²) >= 11 is 0. The highest BCUT2D eigenvalue weighted by atomic mass is 19.1. The Balaban J connectivity index is 2.74. The molecule has 3 nitrogen and oxygen atoms in total. The van der Waals surface area contributed by atoms with E-state index in [1.54, 1.807) is 0 Å². The topological polar surface area (TPSA) is 37.4 Å². The lowest BCUT2D eigenvalue weighted by atomic mass is 10.1. The van der Waals surface area contributed by atoms with Gasteiger partial charge in [0.25, 0.3) is 11.8 Å². The monoisotopic (exact) mass is 179 g/mol. The van der Waals surface area contributed by atoms with Crippen LogP contribution in [0, 0.1) is 5.82 Å². The molecule has 0 bridgehead atoms. The van der Waals surface area contributed by atoms with Crippen molar-refractivity contribution in [3.63, 3.8) is 0 Å². The number of carbonyl (C=O) groups excluding carboxylic acids is 2.